The van der Waals surface area contributed by atoms with Crippen LogP contribution in [0.4, 0.5) is 0 Å². The van der Waals surface area contributed by atoms with E-state index in [9.17, 15) is 8.42 Å². The summed E-state index contributed by atoms with van der Waals surface area (Å²) in [7, 11) is -3.58. The van der Waals surface area contributed by atoms with Crippen LogP contribution in [0.2, 0.25) is 0 Å². The maximum absolute atomic E-state index is 12.9. The Kier molecular flexibility index (Phi) is 3.92. The number of hydrogen-bond donors (Lipinski definition) is 1. The highest BCUT2D eigenvalue weighted by molar-refractivity contribution is 7.89. The van der Waals surface area contributed by atoms with E-state index in [1.807, 2.05) is 20.8 Å². The summed E-state index contributed by atoms with van der Waals surface area (Å²) in [6.45, 7) is 6.91. The molecule has 0 amide bonds. The van der Waals surface area contributed by atoms with Gasteiger partial charge in [-0.25, -0.2) is 13.4 Å². The molecule has 1 saturated heterocycles. The molecule has 0 radical (unpaired) electrons. The molecule has 2 aromatic rings. The van der Waals surface area contributed by atoms with E-state index < -0.39 is 10.0 Å². The number of aryl methyl sites for hydroxylation is 1. The molecule has 1 aliphatic rings. The van der Waals surface area contributed by atoms with Crippen molar-refractivity contribution in [1.82, 2.24) is 19.8 Å². The second-order valence-corrected chi connectivity index (χ2v) is 7.63. The third kappa shape index (κ3) is 2.51. The molecule has 0 aliphatic carbocycles. The first-order valence-electron chi connectivity index (χ1n) is 7.43. The van der Waals surface area contributed by atoms with Crippen LogP contribution in [0.1, 0.15) is 26.5 Å². The minimum Gasteiger partial charge on any atom is -0.336 e. The quantitative estimate of drug-likeness (QED) is 0.911. The maximum atomic E-state index is 12.9. The van der Waals surface area contributed by atoms with Crippen molar-refractivity contribution in [2.45, 2.75) is 44.2 Å². The SMILES string of the molecule is CCc1noc2ncc(S(=O)(=O)N3CC(C)NCC3C)cc12. The Hall–Kier alpha value is -1.51. The van der Waals surface area contributed by atoms with E-state index in [0.717, 1.165) is 5.69 Å². The van der Waals surface area contributed by atoms with Crippen molar-refractivity contribution in [2.75, 3.05) is 13.1 Å². The number of pyridine rings is 1. The van der Waals surface area contributed by atoms with E-state index >= 15 is 0 Å². The topological polar surface area (TPSA) is 88.3 Å². The molecule has 0 spiro atoms. The fourth-order valence-electron chi connectivity index (χ4n) is 2.71. The van der Waals surface area contributed by atoms with Gasteiger partial charge in [0.05, 0.1) is 17.3 Å². The number of nitrogens with one attached hydrogen (secondary N) is 1. The van der Waals surface area contributed by atoms with Crippen molar-refractivity contribution in [3.05, 3.63) is 18.0 Å². The number of hydrogen-bond acceptors (Lipinski definition) is 6. The van der Waals surface area contributed by atoms with E-state index in [2.05, 4.69) is 15.5 Å². The highest BCUT2D eigenvalue weighted by Gasteiger charge is 2.34. The monoisotopic (exact) mass is 324 g/mol. The summed E-state index contributed by atoms with van der Waals surface area (Å²) in [5.41, 5.74) is 1.10. The van der Waals surface area contributed by atoms with Gasteiger partial charge in [-0.1, -0.05) is 12.1 Å². The largest absolute Gasteiger partial charge is 0.336 e. The number of piperazine rings is 1. The van der Waals surface area contributed by atoms with Gasteiger partial charge in [0.2, 0.25) is 10.0 Å². The highest BCUT2D eigenvalue weighted by Crippen LogP contribution is 2.25. The molecular weight excluding hydrogens is 304 g/mol. The predicted molar refractivity (Wildman–Crippen MR) is 82.0 cm³/mol. The lowest BCUT2D eigenvalue weighted by Gasteiger charge is -2.36. The van der Waals surface area contributed by atoms with E-state index in [0.29, 0.717) is 30.6 Å². The van der Waals surface area contributed by atoms with Crippen LogP contribution in [-0.4, -0.2) is 48.0 Å². The van der Waals surface area contributed by atoms with Crippen LogP contribution < -0.4 is 5.32 Å². The first-order chi connectivity index (χ1) is 10.4. The van der Waals surface area contributed by atoms with Gasteiger partial charge in [-0.3, -0.25) is 0 Å². The zero-order chi connectivity index (χ0) is 15.9. The Morgan fingerprint density at radius 1 is 1.45 bits per heavy atom. The third-order valence-corrected chi connectivity index (χ3v) is 5.97. The molecule has 1 N–H and O–H groups in total. The van der Waals surface area contributed by atoms with Crippen molar-refractivity contribution in [2.24, 2.45) is 0 Å². The molecule has 22 heavy (non-hydrogen) atoms. The summed E-state index contributed by atoms with van der Waals surface area (Å²) >= 11 is 0. The maximum Gasteiger partial charge on any atom is 0.258 e. The molecule has 2 aromatic heterocycles. The molecule has 0 bridgehead atoms. The van der Waals surface area contributed by atoms with Crippen LogP contribution >= 0.6 is 0 Å². The minimum atomic E-state index is -3.58. The van der Waals surface area contributed by atoms with Gasteiger partial charge in [0.1, 0.15) is 4.90 Å². The third-order valence-electron chi connectivity index (χ3n) is 4.03. The van der Waals surface area contributed by atoms with Gasteiger partial charge in [0.15, 0.2) is 0 Å². The Labute approximate surface area is 129 Å². The fourth-order valence-corrected chi connectivity index (χ4v) is 4.41. The number of fused-ring (bicyclic) bond motifs is 1. The second-order valence-electron chi connectivity index (χ2n) is 5.74. The average Bonchev–Trinajstić information content (AvgIpc) is 2.91. The van der Waals surface area contributed by atoms with Crippen LogP contribution in [0.5, 0.6) is 0 Å². The first kappa shape index (κ1) is 15.4. The molecule has 0 aromatic carbocycles. The molecule has 1 fully saturated rings. The van der Waals surface area contributed by atoms with Crippen molar-refractivity contribution in [3.63, 3.8) is 0 Å². The molecule has 2 unspecified atom stereocenters. The van der Waals surface area contributed by atoms with Gasteiger partial charge in [0, 0.05) is 25.2 Å². The fraction of sp³-hybridized carbons (Fsp3) is 0.571. The summed E-state index contributed by atoms with van der Waals surface area (Å²) < 4.78 is 32.5. The van der Waals surface area contributed by atoms with E-state index in [1.165, 1.54) is 10.5 Å². The summed E-state index contributed by atoms with van der Waals surface area (Å²) in [6, 6.07) is 1.65. The van der Waals surface area contributed by atoms with Crippen molar-refractivity contribution in [1.29, 1.82) is 0 Å². The number of sulfonamides is 1. The number of rotatable bonds is 3. The van der Waals surface area contributed by atoms with E-state index in [1.54, 1.807) is 6.07 Å². The first-order valence-corrected chi connectivity index (χ1v) is 8.87. The van der Waals surface area contributed by atoms with Gasteiger partial charge in [0.25, 0.3) is 5.71 Å². The van der Waals surface area contributed by atoms with Crippen molar-refractivity contribution >= 4 is 21.1 Å². The molecule has 8 heteroatoms. The van der Waals surface area contributed by atoms with Crippen LogP contribution in [0.3, 0.4) is 0 Å². The molecule has 1 aliphatic heterocycles. The summed E-state index contributed by atoms with van der Waals surface area (Å²) in [5, 5.41) is 7.87. The lowest BCUT2D eigenvalue weighted by Crippen LogP contribution is -2.56. The average molecular weight is 324 g/mol. The lowest BCUT2D eigenvalue weighted by atomic mass is 10.2. The lowest BCUT2D eigenvalue weighted by molar-refractivity contribution is 0.244. The van der Waals surface area contributed by atoms with Crippen molar-refractivity contribution < 1.29 is 12.9 Å². The van der Waals surface area contributed by atoms with Gasteiger partial charge in [-0.15, -0.1) is 0 Å². The standard InChI is InChI=1S/C14H20N4O3S/c1-4-13-12-5-11(7-16-14(12)21-17-13)22(19,20)18-8-9(2)15-6-10(18)3/h5,7,9-10,15H,4,6,8H2,1-3H3. The van der Waals surface area contributed by atoms with Gasteiger partial charge in [-0.2, -0.15) is 4.31 Å². The van der Waals surface area contributed by atoms with Gasteiger partial charge < -0.3 is 9.84 Å². The summed E-state index contributed by atoms with van der Waals surface area (Å²) in [6.07, 6.45) is 2.01. The van der Waals surface area contributed by atoms with Crippen molar-refractivity contribution in [3.8, 4) is 0 Å². The molecule has 7 nitrogen and oxygen atoms in total. The second kappa shape index (κ2) is 5.60. The molecule has 120 valence electrons. The number of aromatic nitrogens is 2. The smallest absolute Gasteiger partial charge is 0.258 e. The van der Waals surface area contributed by atoms with Crippen LogP contribution in [0.15, 0.2) is 21.7 Å². The van der Waals surface area contributed by atoms with E-state index in [-0.39, 0.29) is 17.0 Å². The zero-order valence-electron chi connectivity index (χ0n) is 12.9. The molecule has 0 saturated carbocycles. The van der Waals surface area contributed by atoms with Crippen LogP contribution in [0.25, 0.3) is 11.1 Å². The van der Waals surface area contributed by atoms with Crippen LogP contribution in [-0.2, 0) is 16.4 Å². The molecular formula is C14H20N4O3S. The summed E-state index contributed by atoms with van der Waals surface area (Å²) in [4.78, 5) is 4.30. The van der Waals surface area contributed by atoms with Gasteiger partial charge >= 0.3 is 0 Å². The highest BCUT2D eigenvalue weighted by atomic mass is 32.2. The van der Waals surface area contributed by atoms with Crippen LogP contribution in [0, 0.1) is 0 Å². The zero-order valence-corrected chi connectivity index (χ0v) is 13.7. The van der Waals surface area contributed by atoms with E-state index in [4.69, 9.17) is 4.52 Å². The van der Waals surface area contributed by atoms with Gasteiger partial charge in [-0.05, 0) is 26.3 Å². The molecule has 3 heterocycles. The summed E-state index contributed by atoms with van der Waals surface area (Å²) in [5.74, 6) is 0. The molecule has 2 atom stereocenters. The Balaban J connectivity index is 2.04. The Morgan fingerprint density at radius 2 is 2.23 bits per heavy atom. The Morgan fingerprint density at radius 3 is 2.95 bits per heavy atom. The Bertz CT molecular complexity index is 786. The predicted octanol–water partition coefficient (Wildman–Crippen LogP) is 1.16. The number of nitrogens with zero attached hydrogens (tertiary/aromatic N) is 3. The molecule has 3 rings (SSSR count). The minimum absolute atomic E-state index is 0.0926. The normalized spacial score (nSPS) is 24.0.